The molecule has 4 nitrogen and oxygen atoms in total. The molecule has 1 fully saturated rings. The fourth-order valence-electron chi connectivity index (χ4n) is 2.93. The minimum atomic E-state index is -2.92. The van der Waals surface area contributed by atoms with Gasteiger partial charge in [0.25, 0.3) is 0 Å². The van der Waals surface area contributed by atoms with Crippen molar-refractivity contribution < 1.29 is 30.0 Å². The molecule has 2 heterocycles. The van der Waals surface area contributed by atoms with Crippen LogP contribution < -0.4 is 22.7 Å². The van der Waals surface area contributed by atoms with E-state index in [1.165, 1.54) is 11.8 Å². The highest BCUT2D eigenvalue weighted by Crippen LogP contribution is 2.36. The van der Waals surface area contributed by atoms with Crippen molar-refractivity contribution in [1.29, 1.82) is 0 Å². The molecule has 0 spiro atoms. The number of thioether (sulfide) groups is 1. The van der Waals surface area contributed by atoms with E-state index in [9.17, 15) is 8.42 Å². The smallest absolute Gasteiger partial charge is 0.310 e. The van der Waals surface area contributed by atoms with Gasteiger partial charge in [-0.3, -0.25) is 5.73 Å². The molecule has 20 heavy (non-hydrogen) atoms. The van der Waals surface area contributed by atoms with Gasteiger partial charge in [-0.25, -0.2) is 13.0 Å². The Kier molecular flexibility index (Phi) is 4.24. The molecule has 7 heteroatoms. The number of nitrogens with zero attached hydrogens (tertiary/aromatic N) is 1. The Labute approximate surface area is 134 Å². The summed E-state index contributed by atoms with van der Waals surface area (Å²) in [6.07, 6.45) is 0. The summed E-state index contributed by atoms with van der Waals surface area (Å²) in [7, 11) is -2.92. The van der Waals surface area contributed by atoms with Crippen LogP contribution >= 0.6 is 11.8 Å². The average molecular weight is 377 g/mol. The Bertz CT molecular complexity index is 665. The number of rotatable bonds is 1. The zero-order valence-corrected chi connectivity index (χ0v) is 14.6. The van der Waals surface area contributed by atoms with E-state index in [1.807, 2.05) is 18.4 Å². The summed E-state index contributed by atoms with van der Waals surface area (Å²) in [4.78, 5) is 0. The number of fused-ring (bicyclic) bond motifs is 1. The van der Waals surface area contributed by atoms with Crippen LogP contribution in [0.1, 0.15) is 11.1 Å². The van der Waals surface area contributed by atoms with Crippen LogP contribution in [0.5, 0.6) is 0 Å². The van der Waals surface area contributed by atoms with Crippen LogP contribution in [0, 0.1) is 13.8 Å². The lowest BCUT2D eigenvalue weighted by Crippen LogP contribution is -3.00. The van der Waals surface area contributed by atoms with E-state index in [2.05, 4.69) is 18.2 Å². The number of amidine groups is 1. The topological polar surface area (TPSA) is 63.2 Å². The third-order valence-electron chi connectivity index (χ3n) is 3.60. The van der Waals surface area contributed by atoms with Gasteiger partial charge in [0, 0.05) is 0 Å². The first kappa shape index (κ1) is 15.9. The number of sulfone groups is 1. The first-order chi connectivity index (χ1) is 8.85. The molecule has 3 rings (SSSR count). The first-order valence-corrected chi connectivity index (χ1v) is 8.93. The number of nitrogens with two attached hydrogens (primary N) is 1. The normalized spacial score (nSPS) is 27.3. The van der Waals surface area contributed by atoms with Gasteiger partial charge in [-0.15, -0.1) is 0 Å². The fraction of sp³-hybridized carbons (Fsp3) is 0.462. The summed E-state index contributed by atoms with van der Waals surface area (Å²) in [5.41, 5.74) is 9.44. The van der Waals surface area contributed by atoms with Crippen molar-refractivity contribution in [1.82, 2.24) is 0 Å². The molecule has 0 radical (unpaired) electrons. The molecule has 0 amide bonds. The molecular weight excluding hydrogens is 360 g/mol. The summed E-state index contributed by atoms with van der Waals surface area (Å²) in [6, 6.07) is 6.21. The van der Waals surface area contributed by atoms with E-state index in [0.29, 0.717) is 0 Å². The fourth-order valence-corrected chi connectivity index (χ4v) is 6.75. The Morgan fingerprint density at radius 3 is 2.40 bits per heavy atom. The van der Waals surface area contributed by atoms with E-state index in [0.717, 1.165) is 22.0 Å². The molecule has 1 aromatic rings. The second-order valence-corrected chi connectivity index (χ2v) is 8.77. The van der Waals surface area contributed by atoms with Gasteiger partial charge >= 0.3 is 5.17 Å². The number of hydrogen-bond donors (Lipinski definition) is 1. The Hall–Kier alpha value is -0.530. The number of halogens is 1. The summed E-state index contributed by atoms with van der Waals surface area (Å²) in [5, 5.41) is 0.792. The average Bonchev–Trinajstić information content (AvgIpc) is 2.66. The summed E-state index contributed by atoms with van der Waals surface area (Å²) >= 11 is 1.49. The van der Waals surface area contributed by atoms with Crippen molar-refractivity contribution in [3.63, 3.8) is 0 Å². The Morgan fingerprint density at radius 2 is 1.80 bits per heavy atom. The third kappa shape index (κ3) is 2.76. The molecule has 2 aliphatic rings. The maximum absolute atomic E-state index is 11.8. The summed E-state index contributed by atoms with van der Waals surface area (Å²) in [5.74, 6) is 0.447. The van der Waals surface area contributed by atoms with Gasteiger partial charge in [-0.1, -0.05) is 6.07 Å². The minimum Gasteiger partial charge on any atom is -1.00 e. The van der Waals surface area contributed by atoms with Gasteiger partial charge in [0.2, 0.25) is 0 Å². The van der Waals surface area contributed by atoms with Crippen LogP contribution in [0.3, 0.4) is 0 Å². The van der Waals surface area contributed by atoms with E-state index < -0.39 is 9.84 Å². The van der Waals surface area contributed by atoms with Crippen molar-refractivity contribution in [2.75, 3.05) is 11.5 Å². The van der Waals surface area contributed by atoms with Crippen LogP contribution in [0.2, 0.25) is 0 Å². The van der Waals surface area contributed by atoms with E-state index in [1.54, 1.807) is 0 Å². The Morgan fingerprint density at radius 1 is 1.20 bits per heavy atom. The van der Waals surface area contributed by atoms with Crippen molar-refractivity contribution in [2.45, 2.75) is 25.1 Å². The largest absolute Gasteiger partial charge is 1.00 e. The van der Waals surface area contributed by atoms with Crippen LogP contribution in [-0.2, 0) is 9.84 Å². The zero-order valence-electron chi connectivity index (χ0n) is 11.3. The predicted octanol–water partition coefficient (Wildman–Crippen LogP) is -1.82. The SMILES string of the molecule is Cc1cc(C)cc([N+]2=C(N)SC3CS(=O)(=O)CC32)c1.[Br-]. The van der Waals surface area contributed by atoms with Crippen molar-refractivity contribution in [3.8, 4) is 0 Å². The summed E-state index contributed by atoms with van der Waals surface area (Å²) < 4.78 is 25.5. The molecule has 2 aliphatic heterocycles. The lowest BCUT2D eigenvalue weighted by atomic mass is 10.1. The van der Waals surface area contributed by atoms with Crippen LogP contribution in [-0.4, -0.2) is 41.0 Å². The highest BCUT2D eigenvalue weighted by molar-refractivity contribution is 8.15. The van der Waals surface area contributed by atoms with Crippen molar-refractivity contribution in [3.05, 3.63) is 29.3 Å². The monoisotopic (exact) mass is 376 g/mol. The van der Waals surface area contributed by atoms with E-state index >= 15 is 0 Å². The van der Waals surface area contributed by atoms with Gasteiger partial charge in [-0.05, 0) is 48.9 Å². The van der Waals surface area contributed by atoms with Crippen LogP contribution in [0.25, 0.3) is 0 Å². The minimum absolute atomic E-state index is 0. The van der Waals surface area contributed by atoms with Gasteiger partial charge in [-0.2, -0.15) is 0 Å². The number of benzene rings is 1. The molecule has 1 saturated heterocycles. The third-order valence-corrected chi connectivity index (χ3v) is 6.75. The van der Waals surface area contributed by atoms with Crippen molar-refractivity contribution in [2.24, 2.45) is 5.73 Å². The lowest BCUT2D eigenvalue weighted by molar-refractivity contribution is -0.470. The second kappa shape index (κ2) is 5.35. The van der Waals surface area contributed by atoms with E-state index in [-0.39, 0.29) is 39.8 Å². The van der Waals surface area contributed by atoms with Gasteiger partial charge < -0.3 is 17.0 Å². The van der Waals surface area contributed by atoms with Crippen LogP contribution in [0.4, 0.5) is 5.69 Å². The predicted molar refractivity (Wildman–Crippen MR) is 78.9 cm³/mol. The maximum Gasteiger partial charge on any atom is 0.310 e. The molecule has 2 unspecified atom stereocenters. The lowest BCUT2D eigenvalue weighted by Gasteiger charge is -2.12. The highest BCUT2D eigenvalue weighted by atomic mass is 79.9. The molecule has 2 N–H and O–H groups in total. The highest BCUT2D eigenvalue weighted by Gasteiger charge is 2.49. The van der Waals surface area contributed by atoms with Gasteiger partial charge in [0.05, 0.1) is 16.8 Å². The summed E-state index contributed by atoms with van der Waals surface area (Å²) in [6.45, 7) is 4.08. The molecule has 0 saturated carbocycles. The van der Waals surface area contributed by atoms with Gasteiger partial charge in [0.1, 0.15) is 11.7 Å². The zero-order chi connectivity index (χ0) is 13.8. The second-order valence-electron chi connectivity index (χ2n) is 5.35. The van der Waals surface area contributed by atoms with E-state index in [4.69, 9.17) is 5.73 Å². The molecule has 110 valence electrons. The Balaban J connectivity index is 0.00000147. The number of hydrogen-bond acceptors (Lipinski definition) is 4. The maximum atomic E-state index is 11.8. The molecule has 0 bridgehead atoms. The molecule has 0 aliphatic carbocycles. The van der Waals surface area contributed by atoms with Crippen molar-refractivity contribution >= 4 is 32.5 Å². The van der Waals surface area contributed by atoms with Gasteiger partial charge in [0.15, 0.2) is 9.84 Å². The quantitative estimate of drug-likeness (QED) is 0.586. The number of aryl methyl sites for hydroxylation is 2. The standard InChI is InChI=1S/C13H16N2O2S2.BrH/c1-8-3-9(2)5-10(4-8)15-11-6-19(16,17)7-12(11)18-13(15)14;/h3-5,11-12,14H,6-7H2,1-2H3;1H. The first-order valence-electron chi connectivity index (χ1n) is 6.23. The molecule has 0 aromatic heterocycles. The van der Waals surface area contributed by atoms with Crippen LogP contribution in [0.15, 0.2) is 18.2 Å². The molecular formula is C13H17BrN2O2S2. The molecule has 2 atom stereocenters. The molecule has 1 aromatic carbocycles.